The van der Waals surface area contributed by atoms with E-state index >= 15 is 0 Å². The van der Waals surface area contributed by atoms with Crippen LogP contribution in [0.1, 0.15) is 21.1 Å². The molecule has 0 unspecified atom stereocenters. The molecule has 2 heterocycles. The number of benzene rings is 1. The number of nitrogens with zero attached hydrogens (tertiary/aromatic N) is 3. The van der Waals surface area contributed by atoms with Gasteiger partial charge in [-0.15, -0.1) is 17.9 Å². The first kappa shape index (κ1) is 19.1. The number of hydrogen-bond donors (Lipinski definition) is 0. The van der Waals surface area contributed by atoms with Gasteiger partial charge in [-0.3, -0.25) is 9.59 Å². The van der Waals surface area contributed by atoms with Crippen LogP contribution in [0.5, 0.6) is 0 Å². The Hall–Kier alpha value is -2.70. The number of rotatable bonds is 6. The number of aryl methyl sites for hydroxylation is 1. The fourth-order valence-electron chi connectivity index (χ4n) is 2.68. The smallest absolute Gasteiger partial charge is 0.279 e. The molecule has 0 aliphatic rings. The van der Waals surface area contributed by atoms with Crippen molar-refractivity contribution in [1.82, 2.24) is 14.7 Å². The van der Waals surface area contributed by atoms with Crippen LogP contribution in [0.25, 0.3) is 5.69 Å². The van der Waals surface area contributed by atoms with Crippen LogP contribution in [0.3, 0.4) is 0 Å². The minimum Gasteiger partial charge on any atom is -0.328 e. The zero-order valence-corrected chi connectivity index (χ0v) is 16.3. The Balaban J connectivity index is 2.03. The molecule has 0 saturated heterocycles. The Morgan fingerprint density at radius 3 is 2.78 bits per heavy atom. The lowest BCUT2D eigenvalue weighted by atomic mass is 10.2. The van der Waals surface area contributed by atoms with Gasteiger partial charge in [0.15, 0.2) is 5.69 Å². The van der Waals surface area contributed by atoms with Gasteiger partial charge in [0.1, 0.15) is 0 Å². The van der Waals surface area contributed by atoms with E-state index in [0.29, 0.717) is 29.5 Å². The molecule has 7 heteroatoms. The molecule has 0 saturated carbocycles. The van der Waals surface area contributed by atoms with Gasteiger partial charge in [0, 0.05) is 23.2 Å². The molecule has 0 aliphatic carbocycles. The van der Waals surface area contributed by atoms with Crippen LogP contribution in [-0.2, 0) is 6.54 Å². The lowest BCUT2D eigenvalue weighted by Crippen LogP contribution is -2.36. The number of hydrogen-bond acceptors (Lipinski definition) is 4. The maximum atomic E-state index is 13.0. The highest BCUT2D eigenvalue weighted by molar-refractivity contribution is 7.09. The van der Waals surface area contributed by atoms with E-state index in [4.69, 9.17) is 11.6 Å². The lowest BCUT2D eigenvalue weighted by Gasteiger charge is -2.20. The third-order valence-electron chi connectivity index (χ3n) is 3.95. The second kappa shape index (κ2) is 8.33. The van der Waals surface area contributed by atoms with Gasteiger partial charge in [0.2, 0.25) is 5.43 Å². The number of para-hydroxylation sites is 1. The number of amides is 1. The van der Waals surface area contributed by atoms with Crippen molar-refractivity contribution in [2.75, 3.05) is 6.54 Å². The first-order valence-corrected chi connectivity index (χ1v) is 9.55. The van der Waals surface area contributed by atoms with Crippen LogP contribution in [0.2, 0.25) is 5.02 Å². The van der Waals surface area contributed by atoms with Crippen molar-refractivity contribution in [3.63, 3.8) is 0 Å². The second-order valence-corrected chi connectivity index (χ2v) is 7.35. The van der Waals surface area contributed by atoms with Gasteiger partial charge in [-0.25, -0.2) is 4.68 Å². The van der Waals surface area contributed by atoms with Crippen LogP contribution in [0.4, 0.5) is 0 Å². The Morgan fingerprint density at radius 2 is 2.11 bits per heavy atom. The van der Waals surface area contributed by atoms with Crippen molar-refractivity contribution in [3.05, 3.63) is 92.0 Å². The van der Waals surface area contributed by atoms with Gasteiger partial charge in [-0.2, -0.15) is 5.10 Å². The molecular weight excluding hydrogens is 382 g/mol. The van der Waals surface area contributed by atoms with Crippen molar-refractivity contribution in [3.8, 4) is 5.69 Å². The normalized spacial score (nSPS) is 10.6. The average Bonchev–Trinajstić information content (AvgIpc) is 3.15. The maximum Gasteiger partial charge on any atom is 0.279 e. The predicted octanol–water partition coefficient (Wildman–Crippen LogP) is 4.08. The largest absolute Gasteiger partial charge is 0.328 e. The third-order valence-corrected chi connectivity index (χ3v) is 5.13. The number of halogens is 1. The zero-order chi connectivity index (χ0) is 19.4. The average molecular weight is 400 g/mol. The number of thiophene rings is 1. The summed E-state index contributed by atoms with van der Waals surface area (Å²) in [6.07, 6.45) is 1.63. The summed E-state index contributed by atoms with van der Waals surface area (Å²) < 4.78 is 1.52. The van der Waals surface area contributed by atoms with Crippen LogP contribution in [0, 0.1) is 6.92 Å². The standard InChI is InChI=1S/C20H18ClN3O2S/c1-3-10-23(13-15-7-6-11-27-15)20(26)19-18(25)12-14(2)24(22-19)17-9-5-4-8-16(17)21/h3-9,11-12H,1,10,13H2,2H3. The fourth-order valence-corrected chi connectivity index (χ4v) is 3.61. The van der Waals surface area contributed by atoms with E-state index in [-0.39, 0.29) is 5.69 Å². The van der Waals surface area contributed by atoms with Crippen molar-refractivity contribution < 1.29 is 4.79 Å². The molecule has 2 aromatic heterocycles. The molecule has 3 rings (SSSR count). The molecule has 0 atom stereocenters. The SMILES string of the molecule is C=CCN(Cc1cccs1)C(=O)c1nn(-c2ccccc2Cl)c(C)cc1=O. The van der Waals surface area contributed by atoms with E-state index in [2.05, 4.69) is 11.7 Å². The number of carbonyl (C=O) groups excluding carboxylic acids is 1. The fraction of sp³-hybridized carbons (Fsp3) is 0.150. The number of aromatic nitrogens is 2. The molecule has 5 nitrogen and oxygen atoms in total. The van der Waals surface area contributed by atoms with E-state index < -0.39 is 11.3 Å². The molecule has 0 radical (unpaired) electrons. The Bertz CT molecular complexity index is 1030. The van der Waals surface area contributed by atoms with Crippen molar-refractivity contribution in [2.45, 2.75) is 13.5 Å². The monoisotopic (exact) mass is 399 g/mol. The van der Waals surface area contributed by atoms with Crippen LogP contribution in [-0.4, -0.2) is 27.1 Å². The second-order valence-electron chi connectivity index (χ2n) is 5.92. The van der Waals surface area contributed by atoms with Gasteiger partial charge in [0.05, 0.1) is 17.3 Å². The van der Waals surface area contributed by atoms with Crippen molar-refractivity contribution in [2.24, 2.45) is 0 Å². The molecule has 138 valence electrons. The Morgan fingerprint density at radius 1 is 1.33 bits per heavy atom. The molecule has 0 N–H and O–H groups in total. The highest BCUT2D eigenvalue weighted by Gasteiger charge is 2.22. The summed E-state index contributed by atoms with van der Waals surface area (Å²) in [4.78, 5) is 28.1. The highest BCUT2D eigenvalue weighted by atomic mass is 35.5. The Kier molecular flexibility index (Phi) is 5.88. The van der Waals surface area contributed by atoms with Gasteiger partial charge < -0.3 is 4.90 Å². The van der Waals surface area contributed by atoms with Crippen LogP contribution in [0.15, 0.2) is 65.3 Å². The zero-order valence-electron chi connectivity index (χ0n) is 14.8. The van der Waals surface area contributed by atoms with Gasteiger partial charge in [-0.1, -0.05) is 35.9 Å². The first-order valence-electron chi connectivity index (χ1n) is 8.29. The summed E-state index contributed by atoms with van der Waals surface area (Å²) in [5.41, 5.74) is 0.650. The molecule has 3 aromatic rings. The summed E-state index contributed by atoms with van der Waals surface area (Å²) >= 11 is 7.81. The minimum absolute atomic E-state index is 0.140. The molecule has 27 heavy (non-hydrogen) atoms. The van der Waals surface area contributed by atoms with E-state index in [0.717, 1.165) is 4.88 Å². The lowest BCUT2D eigenvalue weighted by molar-refractivity contribution is 0.0755. The minimum atomic E-state index is -0.436. The maximum absolute atomic E-state index is 13.0. The van der Waals surface area contributed by atoms with Gasteiger partial charge >= 0.3 is 0 Å². The molecule has 0 aliphatic heterocycles. The first-order chi connectivity index (χ1) is 13.0. The van der Waals surface area contributed by atoms with E-state index in [9.17, 15) is 9.59 Å². The van der Waals surface area contributed by atoms with E-state index in [1.165, 1.54) is 10.7 Å². The molecule has 0 bridgehead atoms. The van der Waals surface area contributed by atoms with Crippen LogP contribution >= 0.6 is 22.9 Å². The topological polar surface area (TPSA) is 55.2 Å². The predicted molar refractivity (Wildman–Crippen MR) is 109 cm³/mol. The van der Waals surface area contributed by atoms with Crippen molar-refractivity contribution in [1.29, 1.82) is 0 Å². The summed E-state index contributed by atoms with van der Waals surface area (Å²) in [6, 6.07) is 12.4. The van der Waals surface area contributed by atoms with Crippen LogP contribution < -0.4 is 5.43 Å². The van der Waals surface area contributed by atoms with Gasteiger partial charge in [0.25, 0.3) is 5.91 Å². The Labute approximate surface area is 166 Å². The van der Waals surface area contributed by atoms with Crippen molar-refractivity contribution >= 4 is 28.8 Å². The summed E-state index contributed by atoms with van der Waals surface area (Å²) in [5, 5.41) is 6.76. The highest BCUT2D eigenvalue weighted by Crippen LogP contribution is 2.20. The summed E-state index contributed by atoms with van der Waals surface area (Å²) in [7, 11) is 0. The summed E-state index contributed by atoms with van der Waals surface area (Å²) in [6.45, 7) is 6.17. The molecule has 0 fully saturated rings. The molecule has 1 aromatic carbocycles. The van der Waals surface area contributed by atoms with E-state index in [1.54, 1.807) is 41.4 Å². The number of carbonyl (C=O) groups is 1. The molecular formula is C20H18ClN3O2S. The quantitative estimate of drug-likeness (QED) is 0.587. The van der Waals surface area contributed by atoms with E-state index in [1.807, 2.05) is 29.6 Å². The molecule has 1 amide bonds. The molecule has 0 spiro atoms. The van der Waals surface area contributed by atoms with Gasteiger partial charge in [-0.05, 0) is 30.5 Å². The summed E-state index contributed by atoms with van der Waals surface area (Å²) in [5.74, 6) is -0.436. The third kappa shape index (κ3) is 4.18.